The Hall–Kier alpha value is -4.69. The van der Waals surface area contributed by atoms with E-state index in [0.29, 0.717) is 31.2 Å². The highest BCUT2D eigenvalue weighted by atomic mass is 19.4. The second kappa shape index (κ2) is 23.0. The maximum atomic E-state index is 13.7. The molecule has 0 saturated carbocycles. The number of rotatable bonds is 24. The van der Waals surface area contributed by atoms with Crippen LogP contribution in [-0.4, -0.2) is 102 Å². The van der Waals surface area contributed by atoms with Crippen LogP contribution in [0, 0.1) is 0 Å². The van der Waals surface area contributed by atoms with Gasteiger partial charge in [-0.05, 0) is 70.0 Å². The normalized spacial score (nSPS) is 13.8. The molecule has 4 amide bonds. The highest BCUT2D eigenvalue weighted by Gasteiger charge is 2.58. The molecule has 0 aliphatic heterocycles. The first-order valence-electron chi connectivity index (χ1n) is 17.0. The van der Waals surface area contributed by atoms with Crippen molar-refractivity contribution in [2.24, 2.45) is 38.7 Å². The monoisotopic (exact) mass is 745 g/mol. The molecule has 0 unspecified atom stereocenters. The highest BCUT2D eigenvalue weighted by molar-refractivity contribution is 5.98. The van der Waals surface area contributed by atoms with Crippen molar-refractivity contribution < 1.29 is 42.6 Å². The van der Waals surface area contributed by atoms with Gasteiger partial charge in [0.05, 0.1) is 6.04 Å². The lowest BCUT2D eigenvalue weighted by atomic mass is 9.99. The number of unbranched alkanes of at least 4 members (excludes halogenated alkanes) is 2. The van der Waals surface area contributed by atoms with E-state index in [1.54, 1.807) is 30.3 Å². The second-order valence-corrected chi connectivity index (χ2v) is 12.1. The van der Waals surface area contributed by atoms with E-state index in [-0.39, 0.29) is 63.7 Å². The Balaban J connectivity index is 3.35. The Morgan fingerprint density at radius 3 is 1.63 bits per heavy atom. The number of alkyl halides is 3. The van der Waals surface area contributed by atoms with Gasteiger partial charge in [0.25, 0.3) is 11.7 Å². The molecule has 4 atom stereocenters. The van der Waals surface area contributed by atoms with Crippen LogP contribution in [0.2, 0.25) is 0 Å². The lowest BCUT2D eigenvalue weighted by Gasteiger charge is -2.34. The van der Waals surface area contributed by atoms with Gasteiger partial charge in [-0.25, -0.2) is 0 Å². The molecular formula is C32H54F3N11O6. The van der Waals surface area contributed by atoms with Gasteiger partial charge in [0.15, 0.2) is 11.9 Å². The molecule has 0 aliphatic carbocycles. The number of hydrogen-bond acceptors (Lipinski definition) is 9. The van der Waals surface area contributed by atoms with Crippen molar-refractivity contribution >= 4 is 35.5 Å². The standard InChI is InChI=1S/C32H54F3N11O6/c1-2-3-13-21(43-25(47)20-11-5-4-6-12-20)26(48)44-22(14-7-8-17-36)27(49)45-23(15-9-18-41-29(37)38)28(50)46-24(16-10-19-42-30(39)40)31(51,52)32(33,34)35/h4-6,11-12,21-24,51-52H,2-3,7-10,13-19,36H2,1H3,(H,43,47)(H,44,48)(H,45,49)(H,46,50)(H4,37,38,41)(H4,39,40,42)/t21-,22-,23-,24-/m0/s1. The first kappa shape index (κ1) is 45.3. The summed E-state index contributed by atoms with van der Waals surface area (Å²) in [7, 11) is 0. The number of nitrogens with zero attached hydrogens (tertiary/aromatic N) is 2. The zero-order valence-electron chi connectivity index (χ0n) is 29.3. The summed E-state index contributed by atoms with van der Waals surface area (Å²) in [5, 5.41) is 30.0. The molecule has 20 heteroatoms. The van der Waals surface area contributed by atoms with Gasteiger partial charge in [-0.1, -0.05) is 38.0 Å². The number of carbonyl (C=O) groups excluding carboxylic acids is 4. The minimum atomic E-state index is -5.59. The van der Waals surface area contributed by atoms with Crippen LogP contribution in [0.3, 0.4) is 0 Å². The number of benzene rings is 1. The lowest BCUT2D eigenvalue weighted by Crippen LogP contribution is -2.63. The first-order valence-corrected chi connectivity index (χ1v) is 17.0. The maximum absolute atomic E-state index is 13.7. The highest BCUT2D eigenvalue weighted by Crippen LogP contribution is 2.32. The van der Waals surface area contributed by atoms with E-state index in [2.05, 4.69) is 25.9 Å². The van der Waals surface area contributed by atoms with E-state index < -0.39 is 66.2 Å². The van der Waals surface area contributed by atoms with E-state index in [1.165, 1.54) is 0 Å². The molecule has 0 fully saturated rings. The molecular weight excluding hydrogens is 691 g/mol. The van der Waals surface area contributed by atoms with Crippen LogP contribution in [-0.2, 0) is 14.4 Å². The molecule has 294 valence electrons. The van der Waals surface area contributed by atoms with E-state index in [4.69, 9.17) is 28.7 Å². The average Bonchev–Trinajstić information content (AvgIpc) is 3.08. The summed E-state index contributed by atoms with van der Waals surface area (Å²) < 4.78 is 41.1. The molecule has 0 aliphatic rings. The van der Waals surface area contributed by atoms with Gasteiger partial charge in [-0.15, -0.1) is 0 Å². The SMILES string of the molecule is CCCC[C@H](NC(=O)c1ccccc1)C(=O)N[C@@H](CCCCN)C(=O)N[C@@H](CCCN=C(N)N)C(=O)N[C@@H](CCCN=C(N)N)C(O)(O)C(F)(F)F. The van der Waals surface area contributed by atoms with Crippen LogP contribution in [0.25, 0.3) is 0 Å². The number of aliphatic hydroxyl groups is 2. The fourth-order valence-corrected chi connectivity index (χ4v) is 4.93. The van der Waals surface area contributed by atoms with Gasteiger partial charge < -0.3 is 60.1 Å². The summed E-state index contributed by atoms with van der Waals surface area (Å²) in [6, 6.07) is 2.07. The molecule has 0 saturated heterocycles. The number of hydrogen-bond donors (Lipinski definition) is 11. The summed E-state index contributed by atoms with van der Waals surface area (Å²) in [5.41, 5.74) is 27.2. The number of halogens is 3. The van der Waals surface area contributed by atoms with Crippen molar-refractivity contribution in [1.29, 1.82) is 0 Å². The van der Waals surface area contributed by atoms with Gasteiger partial charge in [0, 0.05) is 18.7 Å². The Kier molecular flexibility index (Phi) is 20.0. The molecule has 17 nitrogen and oxygen atoms in total. The smallest absolute Gasteiger partial charge is 0.370 e. The third kappa shape index (κ3) is 16.6. The Morgan fingerprint density at radius 2 is 1.15 bits per heavy atom. The van der Waals surface area contributed by atoms with E-state index in [9.17, 15) is 42.6 Å². The van der Waals surface area contributed by atoms with E-state index in [0.717, 1.165) is 0 Å². The molecule has 1 aromatic rings. The fourth-order valence-electron chi connectivity index (χ4n) is 4.93. The molecule has 1 aromatic carbocycles. The van der Waals surface area contributed by atoms with Crippen LogP contribution in [0.15, 0.2) is 40.3 Å². The van der Waals surface area contributed by atoms with Crippen LogP contribution in [0.4, 0.5) is 13.2 Å². The molecule has 0 bridgehead atoms. The van der Waals surface area contributed by atoms with Crippen LogP contribution >= 0.6 is 0 Å². The Labute approximate surface area is 300 Å². The molecule has 52 heavy (non-hydrogen) atoms. The van der Waals surface area contributed by atoms with Crippen molar-refractivity contribution in [3.8, 4) is 0 Å². The van der Waals surface area contributed by atoms with Crippen molar-refractivity contribution in [3.63, 3.8) is 0 Å². The Bertz CT molecular complexity index is 1320. The number of nitrogens with two attached hydrogens (primary N) is 5. The summed E-state index contributed by atoms with van der Waals surface area (Å²) in [4.78, 5) is 61.1. The van der Waals surface area contributed by atoms with Crippen LogP contribution < -0.4 is 49.9 Å². The zero-order valence-corrected chi connectivity index (χ0v) is 29.3. The first-order chi connectivity index (χ1) is 24.4. The fraction of sp³-hybridized carbons (Fsp3) is 0.625. The minimum absolute atomic E-state index is 0.0205. The number of amides is 4. The van der Waals surface area contributed by atoms with Crippen molar-refractivity contribution in [2.45, 2.75) is 107 Å². The summed E-state index contributed by atoms with van der Waals surface area (Å²) >= 11 is 0. The zero-order chi connectivity index (χ0) is 39.3. The maximum Gasteiger partial charge on any atom is 0.445 e. The predicted molar refractivity (Wildman–Crippen MR) is 189 cm³/mol. The van der Waals surface area contributed by atoms with Gasteiger partial charge in [-0.3, -0.25) is 29.2 Å². The Morgan fingerprint density at radius 1 is 0.692 bits per heavy atom. The molecule has 0 radical (unpaired) electrons. The lowest BCUT2D eigenvalue weighted by molar-refractivity contribution is -0.359. The number of carbonyl (C=O) groups is 4. The van der Waals surface area contributed by atoms with E-state index >= 15 is 0 Å². The van der Waals surface area contributed by atoms with Gasteiger partial charge in [0.1, 0.15) is 18.1 Å². The molecule has 0 aromatic heterocycles. The number of aliphatic imine (C=N–C) groups is 2. The van der Waals surface area contributed by atoms with Crippen molar-refractivity contribution in [1.82, 2.24) is 21.3 Å². The topological polar surface area (TPSA) is 312 Å². The summed E-state index contributed by atoms with van der Waals surface area (Å²) in [6.45, 7) is 1.97. The predicted octanol–water partition coefficient (Wildman–Crippen LogP) is -1.09. The van der Waals surface area contributed by atoms with Gasteiger partial charge in [-0.2, -0.15) is 13.2 Å². The molecule has 16 N–H and O–H groups in total. The van der Waals surface area contributed by atoms with Gasteiger partial charge in [0.2, 0.25) is 17.7 Å². The number of nitrogens with one attached hydrogen (secondary N) is 4. The quantitative estimate of drug-likeness (QED) is 0.0261. The largest absolute Gasteiger partial charge is 0.445 e. The molecule has 0 heterocycles. The van der Waals surface area contributed by atoms with Crippen LogP contribution in [0.1, 0.15) is 81.5 Å². The van der Waals surface area contributed by atoms with Crippen molar-refractivity contribution in [2.75, 3.05) is 19.6 Å². The summed E-state index contributed by atoms with van der Waals surface area (Å²) in [5.74, 6) is -8.21. The third-order valence-electron chi connectivity index (χ3n) is 7.83. The number of guanidine groups is 2. The third-order valence-corrected chi connectivity index (χ3v) is 7.83. The van der Waals surface area contributed by atoms with Crippen molar-refractivity contribution in [3.05, 3.63) is 35.9 Å². The summed E-state index contributed by atoms with van der Waals surface area (Å²) in [6.07, 6.45) is -4.14. The van der Waals surface area contributed by atoms with E-state index in [1.807, 2.05) is 12.2 Å². The second-order valence-electron chi connectivity index (χ2n) is 12.1. The van der Waals surface area contributed by atoms with Gasteiger partial charge >= 0.3 is 6.18 Å². The van der Waals surface area contributed by atoms with Crippen LogP contribution in [0.5, 0.6) is 0 Å². The average molecular weight is 746 g/mol. The minimum Gasteiger partial charge on any atom is -0.370 e. The molecule has 0 spiro atoms. The molecule has 1 rings (SSSR count).